The van der Waals surface area contributed by atoms with Crippen molar-refractivity contribution in [1.82, 2.24) is 5.16 Å². The Bertz CT molecular complexity index is 588. The predicted molar refractivity (Wildman–Crippen MR) is 74.0 cm³/mol. The Kier molecular flexibility index (Phi) is 2.93. The molecule has 4 nitrogen and oxygen atoms in total. The molecular weight excluding hydrogens is 240 g/mol. The van der Waals surface area contributed by atoms with Gasteiger partial charge in [0.15, 0.2) is 5.82 Å². The van der Waals surface area contributed by atoms with Gasteiger partial charge in [0.05, 0.1) is 12.7 Å². The minimum Gasteiger partial charge on any atom is -0.497 e. The maximum atomic E-state index is 5.98. The van der Waals surface area contributed by atoms with Gasteiger partial charge in [-0.25, -0.2) is 0 Å². The predicted octanol–water partition coefficient (Wildman–Crippen LogP) is 3.45. The van der Waals surface area contributed by atoms with E-state index in [4.69, 9.17) is 15.0 Å². The molecule has 1 atom stereocenters. The van der Waals surface area contributed by atoms with Crippen LogP contribution in [0.3, 0.4) is 0 Å². The van der Waals surface area contributed by atoms with Crippen LogP contribution in [0.4, 0.5) is 5.82 Å². The summed E-state index contributed by atoms with van der Waals surface area (Å²) in [6, 6.07) is 7.84. The van der Waals surface area contributed by atoms with Crippen molar-refractivity contribution < 1.29 is 9.26 Å². The van der Waals surface area contributed by atoms with Crippen LogP contribution in [0.5, 0.6) is 5.75 Å². The number of hydrogen-bond acceptors (Lipinski definition) is 4. The smallest absolute Gasteiger partial charge is 0.175 e. The fourth-order valence-electron chi connectivity index (χ4n) is 2.51. The first kappa shape index (κ1) is 12.1. The van der Waals surface area contributed by atoms with Crippen LogP contribution in [0.1, 0.15) is 31.4 Å². The maximum Gasteiger partial charge on any atom is 0.175 e. The van der Waals surface area contributed by atoms with Gasteiger partial charge in [-0.3, -0.25) is 0 Å². The number of rotatable bonds is 4. The van der Waals surface area contributed by atoms with Crippen molar-refractivity contribution in [3.63, 3.8) is 0 Å². The number of ether oxygens (including phenoxy) is 1. The van der Waals surface area contributed by atoms with Crippen LogP contribution >= 0.6 is 0 Å². The molecule has 3 rings (SSSR count). The lowest BCUT2D eigenvalue weighted by Crippen LogP contribution is -1.97. The second kappa shape index (κ2) is 4.61. The van der Waals surface area contributed by atoms with E-state index in [0.29, 0.717) is 17.7 Å². The van der Waals surface area contributed by atoms with Crippen molar-refractivity contribution in [2.45, 2.75) is 25.7 Å². The molecule has 0 spiro atoms. The zero-order valence-electron chi connectivity index (χ0n) is 11.2. The Hall–Kier alpha value is -1.97. The van der Waals surface area contributed by atoms with E-state index in [1.165, 1.54) is 12.8 Å². The normalized spacial score (nSPS) is 16.3. The van der Waals surface area contributed by atoms with Crippen LogP contribution in [-0.2, 0) is 0 Å². The molecule has 1 unspecified atom stereocenters. The lowest BCUT2D eigenvalue weighted by Gasteiger charge is -2.09. The zero-order chi connectivity index (χ0) is 13.4. The van der Waals surface area contributed by atoms with Gasteiger partial charge in [0.2, 0.25) is 0 Å². The summed E-state index contributed by atoms with van der Waals surface area (Å²) in [7, 11) is 1.66. The molecule has 0 saturated heterocycles. The number of nitrogen functional groups attached to an aromatic ring is 1. The van der Waals surface area contributed by atoms with Crippen LogP contribution in [0.15, 0.2) is 28.8 Å². The molecule has 0 bridgehead atoms. The van der Waals surface area contributed by atoms with Crippen molar-refractivity contribution in [3.8, 4) is 16.9 Å². The third kappa shape index (κ3) is 2.18. The Morgan fingerprint density at radius 1 is 1.42 bits per heavy atom. The van der Waals surface area contributed by atoms with E-state index >= 15 is 0 Å². The number of aromatic nitrogens is 1. The molecule has 4 heteroatoms. The van der Waals surface area contributed by atoms with Crippen molar-refractivity contribution in [2.24, 2.45) is 5.92 Å². The van der Waals surface area contributed by atoms with E-state index in [1.807, 2.05) is 24.3 Å². The molecule has 0 amide bonds. The molecule has 1 aliphatic rings. The lowest BCUT2D eigenvalue weighted by molar-refractivity contribution is 0.358. The molecular formula is C15H18N2O2. The summed E-state index contributed by atoms with van der Waals surface area (Å²) < 4.78 is 10.7. The second-order valence-electron chi connectivity index (χ2n) is 5.17. The summed E-state index contributed by atoms with van der Waals surface area (Å²) in [5, 5.41) is 3.94. The van der Waals surface area contributed by atoms with Crippen LogP contribution in [0.25, 0.3) is 11.1 Å². The zero-order valence-corrected chi connectivity index (χ0v) is 11.2. The monoisotopic (exact) mass is 258 g/mol. The lowest BCUT2D eigenvalue weighted by atomic mass is 9.95. The standard InChI is InChI=1S/C15H18N2O2/c1-9(10-6-7-10)14-13(15(16)17-19-14)11-4-3-5-12(8-11)18-2/h3-5,8-10H,6-7H2,1-2H3,(H2,16,17). The first-order valence-corrected chi connectivity index (χ1v) is 6.60. The first-order chi connectivity index (χ1) is 9.20. The molecule has 1 aromatic heterocycles. The third-order valence-electron chi connectivity index (χ3n) is 3.85. The van der Waals surface area contributed by atoms with Gasteiger partial charge in [-0.1, -0.05) is 24.2 Å². The molecule has 1 saturated carbocycles. The third-order valence-corrected chi connectivity index (χ3v) is 3.85. The molecule has 2 aromatic rings. The number of methoxy groups -OCH3 is 1. The van der Waals surface area contributed by atoms with Crippen molar-refractivity contribution >= 4 is 5.82 Å². The number of benzene rings is 1. The number of anilines is 1. The van der Waals surface area contributed by atoms with E-state index in [-0.39, 0.29) is 0 Å². The van der Waals surface area contributed by atoms with E-state index in [9.17, 15) is 0 Å². The Morgan fingerprint density at radius 3 is 2.89 bits per heavy atom. The molecule has 1 aliphatic carbocycles. The van der Waals surface area contributed by atoms with E-state index in [0.717, 1.165) is 22.6 Å². The highest BCUT2D eigenvalue weighted by Crippen LogP contribution is 2.46. The minimum absolute atomic E-state index is 0.367. The van der Waals surface area contributed by atoms with Gasteiger partial charge in [-0.2, -0.15) is 0 Å². The molecule has 2 N–H and O–H groups in total. The van der Waals surface area contributed by atoms with E-state index in [1.54, 1.807) is 7.11 Å². The fraction of sp³-hybridized carbons (Fsp3) is 0.400. The number of hydrogen-bond donors (Lipinski definition) is 1. The summed E-state index contributed by atoms with van der Waals surface area (Å²) in [6.45, 7) is 2.18. The van der Waals surface area contributed by atoms with E-state index in [2.05, 4.69) is 12.1 Å². The van der Waals surface area contributed by atoms with Gasteiger partial charge >= 0.3 is 0 Å². The average Bonchev–Trinajstić information content (AvgIpc) is 3.21. The van der Waals surface area contributed by atoms with Crippen molar-refractivity contribution in [1.29, 1.82) is 0 Å². The highest BCUT2D eigenvalue weighted by atomic mass is 16.5. The number of nitrogens with two attached hydrogens (primary N) is 1. The Balaban J connectivity index is 2.05. The first-order valence-electron chi connectivity index (χ1n) is 6.60. The van der Waals surface area contributed by atoms with Gasteiger partial charge < -0.3 is 15.0 Å². The molecule has 0 radical (unpaired) electrons. The summed E-state index contributed by atoms with van der Waals surface area (Å²) in [5.74, 6) is 3.23. The van der Waals surface area contributed by atoms with E-state index < -0.39 is 0 Å². The van der Waals surface area contributed by atoms with Crippen LogP contribution in [-0.4, -0.2) is 12.3 Å². The fourth-order valence-corrected chi connectivity index (χ4v) is 2.51. The van der Waals surface area contributed by atoms with Crippen molar-refractivity contribution in [2.75, 3.05) is 12.8 Å². The number of nitrogens with zero attached hydrogens (tertiary/aromatic N) is 1. The van der Waals surface area contributed by atoms with Crippen molar-refractivity contribution in [3.05, 3.63) is 30.0 Å². The molecule has 100 valence electrons. The quantitative estimate of drug-likeness (QED) is 0.912. The summed E-state index contributed by atoms with van der Waals surface area (Å²) in [5.41, 5.74) is 7.89. The average molecular weight is 258 g/mol. The van der Waals surface area contributed by atoms with Gasteiger partial charge in [-0.05, 0) is 36.5 Å². The summed E-state index contributed by atoms with van der Waals surface area (Å²) in [4.78, 5) is 0. The van der Waals surface area contributed by atoms with Crippen LogP contribution in [0.2, 0.25) is 0 Å². The Labute approximate surface area is 112 Å². The molecule has 1 heterocycles. The van der Waals surface area contributed by atoms with Gasteiger partial charge in [0, 0.05) is 5.92 Å². The molecule has 19 heavy (non-hydrogen) atoms. The maximum absolute atomic E-state index is 5.98. The molecule has 0 aliphatic heterocycles. The topological polar surface area (TPSA) is 61.3 Å². The van der Waals surface area contributed by atoms with Gasteiger partial charge in [0.1, 0.15) is 11.5 Å². The molecule has 1 fully saturated rings. The molecule has 1 aromatic carbocycles. The SMILES string of the molecule is COc1cccc(-c2c(N)noc2C(C)C2CC2)c1. The van der Waals surface area contributed by atoms with Gasteiger partial charge in [0.25, 0.3) is 0 Å². The minimum atomic E-state index is 0.367. The van der Waals surface area contributed by atoms with Crippen LogP contribution < -0.4 is 10.5 Å². The highest BCUT2D eigenvalue weighted by molar-refractivity contribution is 5.76. The second-order valence-corrected chi connectivity index (χ2v) is 5.17. The highest BCUT2D eigenvalue weighted by Gasteiger charge is 2.34. The summed E-state index contributed by atoms with van der Waals surface area (Å²) in [6.07, 6.45) is 2.53. The van der Waals surface area contributed by atoms with Crippen LogP contribution in [0, 0.1) is 5.92 Å². The largest absolute Gasteiger partial charge is 0.497 e. The van der Waals surface area contributed by atoms with Gasteiger partial charge in [-0.15, -0.1) is 0 Å². The Morgan fingerprint density at radius 2 is 2.21 bits per heavy atom. The summed E-state index contributed by atoms with van der Waals surface area (Å²) >= 11 is 0.